The number of nitrogens with zero attached hydrogens (tertiary/aromatic N) is 2. The first-order chi connectivity index (χ1) is 11.7. The van der Waals surface area contributed by atoms with Gasteiger partial charge in [-0.05, 0) is 6.07 Å². The quantitative estimate of drug-likeness (QED) is 0.652. The maximum absolute atomic E-state index is 11.3. The lowest BCUT2D eigenvalue weighted by Gasteiger charge is -2.37. The molecule has 1 aliphatic rings. The summed E-state index contributed by atoms with van der Waals surface area (Å²) in [4.78, 5) is 13.2. The smallest absolute Gasteiger partial charge is 0.273 e. The van der Waals surface area contributed by atoms with Crippen LogP contribution < -0.4 is 10.1 Å². The van der Waals surface area contributed by atoms with Gasteiger partial charge in [-0.1, -0.05) is 36.4 Å². The lowest BCUT2D eigenvalue weighted by atomic mass is 10.0. The Morgan fingerprint density at radius 3 is 2.72 bits per heavy atom. The van der Waals surface area contributed by atoms with E-state index in [1.165, 1.54) is 0 Å². The van der Waals surface area contributed by atoms with Gasteiger partial charge in [-0.3, -0.25) is 15.0 Å². The first-order valence-corrected chi connectivity index (χ1v) is 8.00. The summed E-state index contributed by atoms with van der Waals surface area (Å²) in [5.74, 6) is 0.846. The van der Waals surface area contributed by atoms with E-state index in [-0.39, 0.29) is 29.1 Å². The highest BCUT2D eigenvalue weighted by Crippen LogP contribution is 2.32. The molecule has 7 heteroatoms. The second-order valence-corrected chi connectivity index (χ2v) is 5.82. The van der Waals surface area contributed by atoms with Crippen LogP contribution in [0.3, 0.4) is 0 Å². The van der Waals surface area contributed by atoms with Gasteiger partial charge in [0, 0.05) is 43.4 Å². The van der Waals surface area contributed by atoms with Crippen LogP contribution in [0.5, 0.6) is 5.75 Å². The minimum atomic E-state index is -0.310. The molecule has 1 atom stereocenters. The van der Waals surface area contributed by atoms with E-state index in [2.05, 4.69) is 16.3 Å². The molecule has 1 N–H and O–H groups in total. The van der Waals surface area contributed by atoms with Crippen molar-refractivity contribution in [1.29, 1.82) is 0 Å². The van der Waals surface area contributed by atoms with E-state index in [1.54, 1.807) is 19.2 Å². The Labute approximate surface area is 153 Å². The average Bonchev–Trinajstić information content (AvgIpc) is 2.62. The SMILES string of the molecule is COc1ccccc1C1CNCCN1Cc1ccccc1[N+](=O)[O-].Cl. The predicted octanol–water partition coefficient (Wildman–Crippen LogP) is 3.17. The van der Waals surface area contributed by atoms with E-state index >= 15 is 0 Å². The maximum Gasteiger partial charge on any atom is 0.273 e. The zero-order chi connectivity index (χ0) is 16.9. The van der Waals surface area contributed by atoms with Crippen LogP contribution >= 0.6 is 12.4 Å². The normalized spacial score (nSPS) is 17.6. The third-order valence-electron chi connectivity index (χ3n) is 4.41. The van der Waals surface area contributed by atoms with Gasteiger partial charge in [0.1, 0.15) is 5.75 Å². The number of hydrogen-bond donors (Lipinski definition) is 1. The highest BCUT2D eigenvalue weighted by atomic mass is 35.5. The van der Waals surface area contributed by atoms with E-state index < -0.39 is 0 Å². The number of nitrogens with one attached hydrogen (secondary N) is 1. The van der Waals surface area contributed by atoms with Crippen molar-refractivity contribution in [3.05, 3.63) is 69.8 Å². The molecular formula is C18H22ClN3O3. The lowest BCUT2D eigenvalue weighted by Crippen LogP contribution is -2.45. The van der Waals surface area contributed by atoms with Crippen molar-refractivity contribution in [3.63, 3.8) is 0 Å². The molecule has 0 amide bonds. The largest absolute Gasteiger partial charge is 0.496 e. The van der Waals surface area contributed by atoms with Crippen LogP contribution in [-0.4, -0.2) is 36.6 Å². The van der Waals surface area contributed by atoms with Crippen molar-refractivity contribution >= 4 is 18.1 Å². The molecule has 0 spiro atoms. The van der Waals surface area contributed by atoms with E-state index in [0.717, 1.165) is 36.5 Å². The Balaban J connectivity index is 0.00000225. The summed E-state index contributed by atoms with van der Waals surface area (Å²) in [6.45, 7) is 3.03. The molecule has 1 unspecified atom stereocenters. The molecule has 1 aliphatic heterocycles. The molecule has 2 aromatic carbocycles. The molecule has 2 aromatic rings. The van der Waals surface area contributed by atoms with Gasteiger partial charge in [-0.15, -0.1) is 12.4 Å². The van der Waals surface area contributed by atoms with Crippen molar-refractivity contribution in [2.24, 2.45) is 0 Å². The Morgan fingerprint density at radius 2 is 1.96 bits per heavy atom. The van der Waals surface area contributed by atoms with Gasteiger partial charge in [0.15, 0.2) is 0 Å². The molecular weight excluding hydrogens is 342 g/mol. The Hall–Kier alpha value is -2.15. The highest BCUT2D eigenvalue weighted by molar-refractivity contribution is 5.85. The summed E-state index contributed by atoms with van der Waals surface area (Å²) in [5, 5.41) is 14.7. The molecule has 0 bridgehead atoms. The first-order valence-electron chi connectivity index (χ1n) is 8.00. The Bertz CT molecular complexity index is 726. The Morgan fingerprint density at radius 1 is 1.24 bits per heavy atom. The van der Waals surface area contributed by atoms with Gasteiger partial charge in [0.25, 0.3) is 5.69 Å². The van der Waals surface area contributed by atoms with Crippen LogP contribution in [-0.2, 0) is 6.54 Å². The molecule has 6 nitrogen and oxygen atoms in total. The molecule has 1 heterocycles. The number of nitro groups is 1. The molecule has 0 aromatic heterocycles. The standard InChI is InChI=1S/C18H21N3O3.ClH/c1-24-18-9-5-3-7-15(18)17-12-19-10-11-20(17)13-14-6-2-4-8-16(14)21(22)23;/h2-9,17,19H,10-13H2,1H3;1H. The summed E-state index contributed by atoms with van der Waals surface area (Å²) in [6.07, 6.45) is 0. The second kappa shape index (κ2) is 8.80. The summed E-state index contributed by atoms with van der Waals surface area (Å²) in [6, 6.07) is 15.0. The number of methoxy groups -OCH3 is 1. The minimum Gasteiger partial charge on any atom is -0.496 e. The predicted molar refractivity (Wildman–Crippen MR) is 99.4 cm³/mol. The van der Waals surface area contributed by atoms with Gasteiger partial charge < -0.3 is 10.1 Å². The second-order valence-electron chi connectivity index (χ2n) is 5.82. The van der Waals surface area contributed by atoms with Crippen LogP contribution in [0.4, 0.5) is 5.69 Å². The van der Waals surface area contributed by atoms with Crippen LogP contribution in [0.1, 0.15) is 17.2 Å². The highest BCUT2D eigenvalue weighted by Gasteiger charge is 2.27. The molecule has 1 saturated heterocycles. The van der Waals surface area contributed by atoms with Crippen molar-refractivity contribution < 1.29 is 9.66 Å². The summed E-state index contributed by atoms with van der Waals surface area (Å²) >= 11 is 0. The third-order valence-corrected chi connectivity index (χ3v) is 4.41. The number of rotatable bonds is 5. The zero-order valence-corrected chi connectivity index (χ0v) is 14.9. The fourth-order valence-corrected chi connectivity index (χ4v) is 3.23. The van der Waals surface area contributed by atoms with Gasteiger partial charge in [-0.2, -0.15) is 0 Å². The third kappa shape index (κ3) is 4.28. The maximum atomic E-state index is 11.3. The minimum absolute atomic E-state index is 0. The number of piperazine rings is 1. The fourth-order valence-electron chi connectivity index (χ4n) is 3.23. The number of hydrogen-bond acceptors (Lipinski definition) is 5. The number of benzene rings is 2. The summed E-state index contributed by atoms with van der Waals surface area (Å²) < 4.78 is 5.50. The van der Waals surface area contributed by atoms with Gasteiger partial charge in [0.05, 0.1) is 18.1 Å². The summed E-state index contributed by atoms with van der Waals surface area (Å²) in [7, 11) is 1.67. The van der Waals surface area contributed by atoms with E-state index in [4.69, 9.17) is 4.74 Å². The molecule has 25 heavy (non-hydrogen) atoms. The van der Waals surface area contributed by atoms with Crippen molar-refractivity contribution in [1.82, 2.24) is 10.2 Å². The molecule has 0 aliphatic carbocycles. The van der Waals surface area contributed by atoms with Crippen molar-refractivity contribution in [2.75, 3.05) is 26.7 Å². The number of ether oxygens (including phenoxy) is 1. The van der Waals surface area contributed by atoms with Crippen LogP contribution in [0, 0.1) is 10.1 Å². The average molecular weight is 364 g/mol. The number of para-hydroxylation sites is 2. The lowest BCUT2D eigenvalue weighted by molar-refractivity contribution is -0.385. The van der Waals surface area contributed by atoms with Crippen LogP contribution in [0.25, 0.3) is 0 Å². The van der Waals surface area contributed by atoms with Crippen LogP contribution in [0.2, 0.25) is 0 Å². The van der Waals surface area contributed by atoms with Crippen molar-refractivity contribution in [3.8, 4) is 5.75 Å². The number of halogens is 1. The van der Waals surface area contributed by atoms with Gasteiger partial charge in [0.2, 0.25) is 0 Å². The molecule has 1 fully saturated rings. The number of nitro benzene ring substituents is 1. The summed E-state index contributed by atoms with van der Waals surface area (Å²) in [5.41, 5.74) is 2.02. The topological polar surface area (TPSA) is 67.6 Å². The van der Waals surface area contributed by atoms with Gasteiger partial charge in [-0.25, -0.2) is 0 Å². The molecule has 3 rings (SSSR count). The van der Waals surface area contributed by atoms with E-state index in [0.29, 0.717) is 6.54 Å². The zero-order valence-electron chi connectivity index (χ0n) is 14.1. The van der Waals surface area contributed by atoms with E-state index in [9.17, 15) is 10.1 Å². The van der Waals surface area contributed by atoms with E-state index in [1.807, 2.05) is 30.3 Å². The molecule has 134 valence electrons. The molecule has 0 saturated carbocycles. The van der Waals surface area contributed by atoms with Crippen LogP contribution in [0.15, 0.2) is 48.5 Å². The fraction of sp³-hybridized carbons (Fsp3) is 0.333. The van der Waals surface area contributed by atoms with Crippen molar-refractivity contribution in [2.45, 2.75) is 12.6 Å². The monoisotopic (exact) mass is 363 g/mol. The molecule has 0 radical (unpaired) electrons. The van der Waals surface area contributed by atoms with Gasteiger partial charge >= 0.3 is 0 Å². The Kier molecular flexibility index (Phi) is 6.75. The first kappa shape index (κ1) is 19.2.